The normalized spacial score (nSPS) is 17.0. The summed E-state index contributed by atoms with van der Waals surface area (Å²) in [6.07, 6.45) is 0. The molecule has 0 unspecified atom stereocenters. The monoisotopic (exact) mass is 301 g/mol. The van der Waals surface area contributed by atoms with E-state index in [2.05, 4.69) is 5.32 Å². The Bertz CT molecular complexity index is 598. The minimum Gasteiger partial charge on any atom is -0.341 e. The summed E-state index contributed by atoms with van der Waals surface area (Å²) >= 11 is 0. The summed E-state index contributed by atoms with van der Waals surface area (Å²) in [5.74, 6) is -0.763. The fourth-order valence-electron chi connectivity index (χ4n) is 2.08. The maximum atomic E-state index is 13.6. The molecule has 1 fully saturated rings. The maximum absolute atomic E-state index is 13.6. The molecule has 1 aliphatic heterocycles. The number of rotatable bonds is 2. The first kappa shape index (κ1) is 14.7. The third-order valence-corrected chi connectivity index (χ3v) is 5.13. The Balaban J connectivity index is 2.14. The highest BCUT2D eigenvalue weighted by Gasteiger charge is 2.31. The van der Waals surface area contributed by atoms with E-state index in [1.54, 1.807) is 0 Å². The molecule has 1 aromatic carbocycles. The van der Waals surface area contributed by atoms with E-state index in [-0.39, 0.29) is 37.1 Å². The van der Waals surface area contributed by atoms with Crippen LogP contribution in [0.2, 0.25) is 0 Å². The van der Waals surface area contributed by atoms with Crippen molar-refractivity contribution in [2.75, 3.05) is 33.2 Å². The number of urea groups is 1. The Morgan fingerprint density at radius 3 is 2.35 bits per heavy atom. The number of sulfonamides is 1. The van der Waals surface area contributed by atoms with Gasteiger partial charge in [0.1, 0.15) is 10.7 Å². The van der Waals surface area contributed by atoms with Gasteiger partial charge in [0.15, 0.2) is 0 Å². The summed E-state index contributed by atoms with van der Waals surface area (Å²) in [7, 11) is -2.33. The number of halogens is 1. The zero-order valence-electron chi connectivity index (χ0n) is 11.0. The zero-order valence-corrected chi connectivity index (χ0v) is 11.9. The largest absolute Gasteiger partial charge is 0.341 e. The van der Waals surface area contributed by atoms with E-state index >= 15 is 0 Å². The van der Waals surface area contributed by atoms with E-state index in [4.69, 9.17) is 0 Å². The van der Waals surface area contributed by atoms with Crippen molar-refractivity contribution in [3.8, 4) is 0 Å². The van der Waals surface area contributed by atoms with Crippen molar-refractivity contribution in [1.82, 2.24) is 14.5 Å². The fraction of sp³-hybridized carbons (Fsp3) is 0.417. The van der Waals surface area contributed by atoms with Gasteiger partial charge in [-0.25, -0.2) is 17.6 Å². The predicted molar refractivity (Wildman–Crippen MR) is 71.2 cm³/mol. The lowest BCUT2D eigenvalue weighted by molar-refractivity contribution is 0.174. The molecule has 0 atom stereocenters. The van der Waals surface area contributed by atoms with Crippen molar-refractivity contribution in [1.29, 1.82) is 0 Å². The molecule has 0 bridgehead atoms. The molecule has 0 radical (unpaired) electrons. The Morgan fingerprint density at radius 1 is 1.20 bits per heavy atom. The molecule has 1 aromatic rings. The van der Waals surface area contributed by atoms with Gasteiger partial charge >= 0.3 is 6.03 Å². The molecule has 1 N–H and O–H groups in total. The highest BCUT2D eigenvalue weighted by molar-refractivity contribution is 7.89. The van der Waals surface area contributed by atoms with Gasteiger partial charge < -0.3 is 10.2 Å². The first-order valence-corrected chi connectivity index (χ1v) is 7.62. The maximum Gasteiger partial charge on any atom is 0.317 e. The molecular weight excluding hydrogens is 285 g/mol. The van der Waals surface area contributed by atoms with Crippen LogP contribution in [0.5, 0.6) is 0 Å². The third kappa shape index (κ3) is 2.75. The number of amides is 2. The van der Waals surface area contributed by atoms with Crippen LogP contribution in [-0.4, -0.2) is 56.9 Å². The van der Waals surface area contributed by atoms with Crippen LogP contribution in [-0.2, 0) is 10.0 Å². The van der Waals surface area contributed by atoms with Crippen LogP contribution in [0.4, 0.5) is 9.18 Å². The van der Waals surface area contributed by atoms with E-state index in [1.807, 2.05) is 0 Å². The Kier molecular flexibility index (Phi) is 4.24. The number of hydrogen-bond acceptors (Lipinski definition) is 3. The van der Waals surface area contributed by atoms with Gasteiger partial charge in [-0.05, 0) is 12.1 Å². The predicted octanol–water partition coefficient (Wildman–Crippen LogP) is 0.471. The van der Waals surface area contributed by atoms with Crippen LogP contribution >= 0.6 is 0 Å². The molecule has 110 valence electrons. The van der Waals surface area contributed by atoms with Crippen molar-refractivity contribution >= 4 is 16.1 Å². The van der Waals surface area contributed by atoms with E-state index in [9.17, 15) is 17.6 Å². The van der Waals surface area contributed by atoms with Gasteiger partial charge in [0.25, 0.3) is 0 Å². The minimum absolute atomic E-state index is 0.157. The van der Waals surface area contributed by atoms with Gasteiger partial charge in [0.2, 0.25) is 10.0 Å². The van der Waals surface area contributed by atoms with E-state index in [1.165, 1.54) is 34.5 Å². The van der Waals surface area contributed by atoms with Crippen LogP contribution in [0.3, 0.4) is 0 Å². The lowest BCUT2D eigenvalue weighted by atomic mass is 10.3. The number of nitrogens with zero attached hydrogens (tertiary/aromatic N) is 2. The Labute approximate surface area is 117 Å². The van der Waals surface area contributed by atoms with Crippen LogP contribution < -0.4 is 5.32 Å². The molecular formula is C12H16FN3O3S. The topological polar surface area (TPSA) is 69.7 Å². The highest BCUT2D eigenvalue weighted by atomic mass is 32.2. The second kappa shape index (κ2) is 5.76. The van der Waals surface area contributed by atoms with Crippen molar-refractivity contribution in [2.45, 2.75) is 4.90 Å². The van der Waals surface area contributed by atoms with E-state index in [0.29, 0.717) is 0 Å². The third-order valence-electron chi connectivity index (χ3n) is 3.19. The average molecular weight is 301 g/mol. The van der Waals surface area contributed by atoms with Crippen molar-refractivity contribution < 1.29 is 17.6 Å². The fourth-order valence-corrected chi connectivity index (χ4v) is 3.57. The molecule has 0 saturated carbocycles. The highest BCUT2D eigenvalue weighted by Crippen LogP contribution is 2.20. The van der Waals surface area contributed by atoms with Gasteiger partial charge in [0, 0.05) is 33.2 Å². The molecule has 0 spiro atoms. The standard InChI is InChI=1S/C12H16FN3O3S/c1-14-12(17)15-6-8-16(9-7-15)20(18,19)11-5-3-2-4-10(11)13/h2-5H,6-9H2,1H3,(H,14,17). The van der Waals surface area contributed by atoms with Gasteiger partial charge in [-0.15, -0.1) is 0 Å². The van der Waals surface area contributed by atoms with Gasteiger partial charge in [-0.1, -0.05) is 12.1 Å². The summed E-state index contributed by atoms with van der Waals surface area (Å²) in [4.78, 5) is 12.6. The number of nitrogens with one attached hydrogen (secondary N) is 1. The van der Waals surface area contributed by atoms with Gasteiger partial charge in [-0.2, -0.15) is 4.31 Å². The molecule has 8 heteroatoms. The van der Waals surface area contributed by atoms with Crippen LogP contribution in [0.25, 0.3) is 0 Å². The lowest BCUT2D eigenvalue weighted by Crippen LogP contribution is -2.52. The SMILES string of the molecule is CNC(=O)N1CCN(S(=O)(=O)c2ccccc2F)CC1. The lowest BCUT2D eigenvalue weighted by Gasteiger charge is -2.33. The van der Waals surface area contributed by atoms with Crippen LogP contribution in [0.15, 0.2) is 29.2 Å². The molecule has 0 aliphatic carbocycles. The second-order valence-corrected chi connectivity index (χ2v) is 6.28. The minimum atomic E-state index is -3.85. The molecule has 1 aliphatic rings. The molecule has 1 heterocycles. The van der Waals surface area contributed by atoms with Crippen LogP contribution in [0.1, 0.15) is 0 Å². The van der Waals surface area contributed by atoms with E-state index in [0.717, 1.165) is 6.07 Å². The number of piperazine rings is 1. The Hall–Kier alpha value is -1.67. The van der Waals surface area contributed by atoms with E-state index < -0.39 is 15.8 Å². The molecule has 0 aromatic heterocycles. The number of benzene rings is 1. The summed E-state index contributed by atoms with van der Waals surface area (Å²) < 4.78 is 39.5. The first-order chi connectivity index (χ1) is 9.46. The van der Waals surface area contributed by atoms with Gasteiger partial charge in [-0.3, -0.25) is 0 Å². The smallest absolute Gasteiger partial charge is 0.317 e. The molecule has 20 heavy (non-hydrogen) atoms. The zero-order chi connectivity index (χ0) is 14.8. The first-order valence-electron chi connectivity index (χ1n) is 6.18. The molecule has 6 nitrogen and oxygen atoms in total. The summed E-state index contributed by atoms with van der Waals surface area (Å²) in [5, 5.41) is 2.49. The number of carbonyl (C=O) groups is 1. The Morgan fingerprint density at radius 2 is 1.80 bits per heavy atom. The summed E-state index contributed by atoms with van der Waals surface area (Å²) in [5.41, 5.74) is 0. The molecule has 2 rings (SSSR count). The quantitative estimate of drug-likeness (QED) is 0.863. The molecule has 2 amide bonds. The van der Waals surface area contributed by atoms with Gasteiger partial charge in [0.05, 0.1) is 0 Å². The van der Waals surface area contributed by atoms with Crippen molar-refractivity contribution in [3.63, 3.8) is 0 Å². The summed E-state index contributed by atoms with van der Waals surface area (Å²) in [6, 6.07) is 5.05. The van der Waals surface area contributed by atoms with Crippen LogP contribution in [0, 0.1) is 5.82 Å². The number of carbonyl (C=O) groups excluding carboxylic acids is 1. The van der Waals surface area contributed by atoms with Crippen molar-refractivity contribution in [3.05, 3.63) is 30.1 Å². The second-order valence-electron chi connectivity index (χ2n) is 4.38. The number of hydrogen-bond donors (Lipinski definition) is 1. The summed E-state index contributed by atoms with van der Waals surface area (Å²) in [6.45, 7) is 0.884. The average Bonchev–Trinajstić information content (AvgIpc) is 2.47. The molecule has 1 saturated heterocycles. The van der Waals surface area contributed by atoms with Crippen molar-refractivity contribution in [2.24, 2.45) is 0 Å².